The third kappa shape index (κ3) is 5.31. The van der Waals surface area contributed by atoms with E-state index in [0.29, 0.717) is 5.75 Å². The number of unbranched alkanes of at least 4 members (excludes halogenated alkanes) is 3. The molecule has 23 heavy (non-hydrogen) atoms. The lowest BCUT2D eigenvalue weighted by Crippen LogP contribution is -2.04. The number of aryl methyl sites for hydroxylation is 1. The van der Waals surface area contributed by atoms with Crippen molar-refractivity contribution in [3.05, 3.63) is 66.6 Å². The minimum atomic E-state index is -4.37. The highest BCUT2D eigenvalue weighted by Crippen LogP contribution is 2.33. The lowest BCUT2D eigenvalue weighted by atomic mass is 10.1. The van der Waals surface area contributed by atoms with Crippen LogP contribution in [0.25, 0.3) is 0 Å². The van der Waals surface area contributed by atoms with E-state index in [1.54, 1.807) is 6.07 Å². The van der Waals surface area contributed by atoms with Crippen molar-refractivity contribution in [1.82, 2.24) is 0 Å². The van der Waals surface area contributed by atoms with Gasteiger partial charge in [0, 0.05) is 0 Å². The van der Waals surface area contributed by atoms with Crippen molar-refractivity contribution in [2.24, 2.45) is 0 Å². The van der Waals surface area contributed by atoms with Gasteiger partial charge in [0.15, 0.2) is 0 Å². The largest absolute Gasteiger partial charge is 0.457 e. The van der Waals surface area contributed by atoms with E-state index in [4.69, 9.17) is 4.74 Å². The highest BCUT2D eigenvalue weighted by atomic mass is 19.4. The summed E-state index contributed by atoms with van der Waals surface area (Å²) in [6.45, 7) is 3.82. The first-order valence-corrected chi connectivity index (χ1v) is 7.73. The fraction of sp³-hybridized carbons (Fsp3) is 0.316. The Morgan fingerprint density at radius 2 is 1.70 bits per heavy atom. The van der Waals surface area contributed by atoms with Crippen molar-refractivity contribution in [2.45, 2.75) is 38.3 Å². The molecule has 0 fully saturated rings. The van der Waals surface area contributed by atoms with Crippen LogP contribution in [0.2, 0.25) is 0 Å². The number of ether oxygens (including phenoxy) is 1. The third-order valence-electron chi connectivity index (χ3n) is 3.56. The van der Waals surface area contributed by atoms with Gasteiger partial charge in [-0.15, -0.1) is 0 Å². The van der Waals surface area contributed by atoms with Gasteiger partial charge in [0.05, 0.1) is 5.56 Å². The van der Waals surface area contributed by atoms with Crippen LogP contribution in [-0.4, -0.2) is 0 Å². The van der Waals surface area contributed by atoms with E-state index >= 15 is 0 Å². The van der Waals surface area contributed by atoms with Gasteiger partial charge in [0.25, 0.3) is 0 Å². The fourth-order valence-corrected chi connectivity index (χ4v) is 2.34. The maximum Gasteiger partial charge on any atom is 0.416 e. The van der Waals surface area contributed by atoms with Crippen LogP contribution < -0.4 is 4.74 Å². The summed E-state index contributed by atoms with van der Waals surface area (Å²) in [5.41, 5.74) is 0.303. The number of hydrogen-bond donors (Lipinski definition) is 0. The molecule has 1 nitrogen and oxygen atoms in total. The SMILES string of the molecule is [CH2]CCCCCc1ccccc1Oc1cccc(C(F)(F)F)c1. The Labute approximate surface area is 135 Å². The average Bonchev–Trinajstić information content (AvgIpc) is 2.52. The second-order valence-electron chi connectivity index (χ2n) is 5.40. The van der Waals surface area contributed by atoms with E-state index in [2.05, 4.69) is 6.92 Å². The van der Waals surface area contributed by atoms with Gasteiger partial charge in [-0.2, -0.15) is 13.2 Å². The average molecular weight is 321 g/mol. The molecule has 123 valence electrons. The summed E-state index contributed by atoms with van der Waals surface area (Å²) in [6.07, 6.45) is 0.571. The van der Waals surface area contributed by atoms with Gasteiger partial charge in [-0.3, -0.25) is 0 Å². The molecule has 2 aromatic rings. The first-order valence-electron chi connectivity index (χ1n) is 7.73. The summed E-state index contributed by atoms with van der Waals surface area (Å²) in [5.74, 6) is 0.812. The van der Waals surface area contributed by atoms with Crippen LogP contribution in [-0.2, 0) is 12.6 Å². The van der Waals surface area contributed by atoms with E-state index in [1.165, 1.54) is 12.1 Å². The Balaban J connectivity index is 2.11. The summed E-state index contributed by atoms with van der Waals surface area (Å²) >= 11 is 0. The molecule has 0 aliphatic heterocycles. The van der Waals surface area contributed by atoms with Crippen LogP contribution in [0.5, 0.6) is 11.5 Å². The molecule has 0 atom stereocenters. The summed E-state index contributed by atoms with van der Waals surface area (Å²) in [4.78, 5) is 0. The number of alkyl halides is 3. The van der Waals surface area contributed by atoms with Gasteiger partial charge in [-0.05, 0) is 42.7 Å². The van der Waals surface area contributed by atoms with E-state index in [-0.39, 0.29) is 5.75 Å². The first-order chi connectivity index (χ1) is 11.0. The number of halogens is 3. The zero-order chi connectivity index (χ0) is 16.7. The highest BCUT2D eigenvalue weighted by Gasteiger charge is 2.30. The Kier molecular flexibility index (Phi) is 6.08. The van der Waals surface area contributed by atoms with Crippen molar-refractivity contribution >= 4 is 0 Å². The molecule has 0 amide bonds. The maximum atomic E-state index is 12.8. The molecular weight excluding hydrogens is 301 g/mol. The summed E-state index contributed by atoms with van der Waals surface area (Å²) in [5, 5.41) is 0. The second-order valence-corrected chi connectivity index (χ2v) is 5.40. The molecule has 0 aliphatic carbocycles. The van der Waals surface area contributed by atoms with E-state index in [0.717, 1.165) is 49.8 Å². The monoisotopic (exact) mass is 321 g/mol. The summed E-state index contributed by atoms with van der Waals surface area (Å²) in [6, 6.07) is 12.4. The predicted octanol–water partition coefficient (Wildman–Crippen LogP) is 6.43. The van der Waals surface area contributed by atoms with Gasteiger partial charge in [-0.1, -0.05) is 50.5 Å². The van der Waals surface area contributed by atoms with Gasteiger partial charge >= 0.3 is 6.18 Å². The lowest BCUT2D eigenvalue weighted by molar-refractivity contribution is -0.137. The van der Waals surface area contributed by atoms with E-state index in [1.807, 2.05) is 18.2 Å². The molecule has 0 aliphatic rings. The van der Waals surface area contributed by atoms with Crippen molar-refractivity contribution in [3.8, 4) is 11.5 Å². The molecule has 0 spiro atoms. The van der Waals surface area contributed by atoms with E-state index in [9.17, 15) is 13.2 Å². The van der Waals surface area contributed by atoms with Gasteiger partial charge in [-0.25, -0.2) is 0 Å². The topological polar surface area (TPSA) is 9.23 Å². The molecule has 4 heteroatoms. The first kappa shape index (κ1) is 17.4. The number of para-hydroxylation sites is 1. The fourth-order valence-electron chi connectivity index (χ4n) is 2.34. The number of benzene rings is 2. The van der Waals surface area contributed by atoms with Gasteiger partial charge < -0.3 is 4.74 Å². The quantitative estimate of drug-likeness (QED) is 0.534. The van der Waals surface area contributed by atoms with Crippen LogP contribution in [0.3, 0.4) is 0 Å². The molecule has 0 heterocycles. The zero-order valence-corrected chi connectivity index (χ0v) is 12.9. The molecule has 2 rings (SSSR count). The Bertz CT molecular complexity index is 620. The van der Waals surface area contributed by atoms with E-state index < -0.39 is 11.7 Å². The number of rotatable bonds is 7. The minimum Gasteiger partial charge on any atom is -0.457 e. The normalized spacial score (nSPS) is 11.5. The molecule has 0 unspecified atom stereocenters. The second kappa shape index (κ2) is 8.04. The van der Waals surface area contributed by atoms with Crippen molar-refractivity contribution in [2.75, 3.05) is 0 Å². The Morgan fingerprint density at radius 1 is 0.913 bits per heavy atom. The highest BCUT2D eigenvalue weighted by molar-refractivity contribution is 5.39. The predicted molar refractivity (Wildman–Crippen MR) is 85.5 cm³/mol. The molecule has 0 aromatic heterocycles. The van der Waals surface area contributed by atoms with Crippen molar-refractivity contribution < 1.29 is 17.9 Å². The van der Waals surface area contributed by atoms with Crippen molar-refractivity contribution in [3.63, 3.8) is 0 Å². The lowest BCUT2D eigenvalue weighted by Gasteiger charge is -2.13. The summed E-state index contributed by atoms with van der Waals surface area (Å²) in [7, 11) is 0. The molecular formula is C19H20F3O. The van der Waals surface area contributed by atoms with Crippen molar-refractivity contribution in [1.29, 1.82) is 0 Å². The van der Waals surface area contributed by atoms with Crippen LogP contribution >= 0.6 is 0 Å². The zero-order valence-electron chi connectivity index (χ0n) is 12.9. The number of hydrogen-bond acceptors (Lipinski definition) is 1. The molecule has 0 N–H and O–H groups in total. The Morgan fingerprint density at radius 3 is 2.43 bits per heavy atom. The summed E-state index contributed by atoms with van der Waals surface area (Å²) < 4.78 is 44.0. The smallest absolute Gasteiger partial charge is 0.416 e. The standard InChI is InChI=1S/C19H20F3O/c1-2-3-4-5-9-15-10-6-7-13-18(15)23-17-12-8-11-16(14-17)19(20,21)22/h6-8,10-14H,1-5,9H2. The van der Waals surface area contributed by atoms with Crippen LogP contribution in [0.15, 0.2) is 48.5 Å². The minimum absolute atomic E-state index is 0.199. The van der Waals surface area contributed by atoms with Crippen LogP contribution in [0, 0.1) is 6.92 Å². The van der Waals surface area contributed by atoms with Gasteiger partial charge in [0.2, 0.25) is 0 Å². The third-order valence-corrected chi connectivity index (χ3v) is 3.56. The van der Waals surface area contributed by atoms with Crippen LogP contribution in [0.4, 0.5) is 13.2 Å². The molecule has 0 saturated heterocycles. The van der Waals surface area contributed by atoms with Crippen LogP contribution in [0.1, 0.15) is 36.8 Å². The molecule has 2 aromatic carbocycles. The molecule has 0 bridgehead atoms. The maximum absolute atomic E-state index is 12.8. The Hall–Kier alpha value is -1.97. The molecule has 1 radical (unpaired) electrons. The molecule has 0 saturated carbocycles. The van der Waals surface area contributed by atoms with Gasteiger partial charge in [0.1, 0.15) is 11.5 Å².